The van der Waals surface area contributed by atoms with Crippen LogP contribution >= 0.6 is 0 Å². The number of allylic oxidation sites excluding steroid dienone is 5. The van der Waals surface area contributed by atoms with E-state index in [9.17, 15) is 4.79 Å². The minimum absolute atomic E-state index is 0.110. The predicted octanol–water partition coefficient (Wildman–Crippen LogP) is 4.33. The molecule has 2 heteroatoms. The first-order valence-corrected chi connectivity index (χ1v) is 6.58. The van der Waals surface area contributed by atoms with E-state index in [0.717, 1.165) is 36.2 Å². The average molecular weight is 245 g/mol. The molecular formula is C16H23NO. The van der Waals surface area contributed by atoms with E-state index in [4.69, 9.17) is 0 Å². The molecule has 0 saturated heterocycles. The van der Waals surface area contributed by atoms with Crippen LogP contribution in [0.4, 0.5) is 0 Å². The largest absolute Gasteiger partial charge is 0.315 e. The average Bonchev–Trinajstić information content (AvgIpc) is 2.30. The molecule has 1 heterocycles. The van der Waals surface area contributed by atoms with Gasteiger partial charge in [-0.05, 0) is 43.1 Å². The van der Waals surface area contributed by atoms with Crippen LogP contribution in [-0.4, -0.2) is 10.7 Å². The molecule has 0 unspecified atom stereocenters. The van der Waals surface area contributed by atoms with Gasteiger partial charge in [-0.25, -0.2) is 0 Å². The molecule has 0 saturated carbocycles. The molecule has 0 N–H and O–H groups in total. The third kappa shape index (κ3) is 3.22. The van der Waals surface area contributed by atoms with Crippen molar-refractivity contribution in [2.45, 2.75) is 47.0 Å². The lowest BCUT2D eigenvalue weighted by Crippen LogP contribution is -2.23. The molecule has 0 fully saturated rings. The number of carbonyl (C=O) groups is 1. The molecule has 0 amide bonds. The van der Waals surface area contributed by atoms with Gasteiger partial charge in [0.2, 0.25) is 0 Å². The summed E-state index contributed by atoms with van der Waals surface area (Å²) in [5, 5.41) is 0. The molecule has 1 rings (SSSR count). The summed E-state index contributed by atoms with van der Waals surface area (Å²) in [5.74, 6) is 0.110. The standard InChI is InChI=1S/C16H23NO/c1-6-8-15(7-2)16(14(5)18)17-10-9-12(3)11-13(17)4/h9-11H,4,6-8H2,1-3,5H3/b16-15-. The van der Waals surface area contributed by atoms with Crippen LogP contribution < -0.4 is 0 Å². The van der Waals surface area contributed by atoms with Gasteiger partial charge in [-0.1, -0.05) is 26.8 Å². The number of Topliss-reactive ketones (excluding diaryl/α,β-unsaturated/α-hetero) is 1. The monoisotopic (exact) mass is 245 g/mol. The lowest BCUT2D eigenvalue weighted by Gasteiger charge is -2.28. The van der Waals surface area contributed by atoms with E-state index < -0.39 is 0 Å². The maximum Gasteiger partial charge on any atom is 0.176 e. The van der Waals surface area contributed by atoms with Gasteiger partial charge in [0.1, 0.15) is 0 Å². The Morgan fingerprint density at radius 1 is 1.39 bits per heavy atom. The highest BCUT2D eigenvalue weighted by molar-refractivity contribution is 5.94. The van der Waals surface area contributed by atoms with Gasteiger partial charge in [0, 0.05) is 18.8 Å². The van der Waals surface area contributed by atoms with Crippen LogP contribution in [0.5, 0.6) is 0 Å². The van der Waals surface area contributed by atoms with Crippen molar-refractivity contribution in [3.8, 4) is 0 Å². The van der Waals surface area contributed by atoms with Crippen LogP contribution in [0.3, 0.4) is 0 Å². The van der Waals surface area contributed by atoms with Gasteiger partial charge in [0.15, 0.2) is 5.78 Å². The van der Waals surface area contributed by atoms with Crippen molar-refractivity contribution in [2.24, 2.45) is 0 Å². The molecule has 0 spiro atoms. The molecule has 98 valence electrons. The number of ketones is 1. The van der Waals surface area contributed by atoms with Crippen molar-refractivity contribution in [3.05, 3.63) is 47.5 Å². The fraction of sp³-hybridized carbons (Fsp3) is 0.438. The second kappa shape index (κ2) is 6.39. The van der Waals surface area contributed by atoms with Gasteiger partial charge < -0.3 is 4.90 Å². The molecule has 0 aromatic heterocycles. The number of hydrogen-bond donors (Lipinski definition) is 0. The topological polar surface area (TPSA) is 20.3 Å². The van der Waals surface area contributed by atoms with E-state index in [1.807, 2.05) is 30.2 Å². The zero-order valence-corrected chi connectivity index (χ0v) is 11.9. The van der Waals surface area contributed by atoms with Crippen molar-refractivity contribution in [1.82, 2.24) is 4.90 Å². The summed E-state index contributed by atoms with van der Waals surface area (Å²) in [7, 11) is 0. The zero-order valence-electron chi connectivity index (χ0n) is 11.9. The van der Waals surface area contributed by atoms with Gasteiger partial charge in [0.25, 0.3) is 0 Å². The smallest absolute Gasteiger partial charge is 0.176 e. The minimum atomic E-state index is 0.110. The molecule has 1 aliphatic rings. The highest BCUT2D eigenvalue weighted by Gasteiger charge is 2.19. The first-order chi connectivity index (χ1) is 8.51. The van der Waals surface area contributed by atoms with Gasteiger partial charge >= 0.3 is 0 Å². The summed E-state index contributed by atoms with van der Waals surface area (Å²) in [6, 6.07) is 0. The van der Waals surface area contributed by atoms with Gasteiger partial charge in [-0.15, -0.1) is 0 Å². The summed E-state index contributed by atoms with van der Waals surface area (Å²) < 4.78 is 0. The highest BCUT2D eigenvalue weighted by Crippen LogP contribution is 2.26. The van der Waals surface area contributed by atoms with Crippen molar-refractivity contribution in [3.63, 3.8) is 0 Å². The Morgan fingerprint density at radius 3 is 2.50 bits per heavy atom. The third-order valence-electron chi connectivity index (χ3n) is 3.08. The third-order valence-corrected chi connectivity index (χ3v) is 3.08. The first kappa shape index (κ1) is 14.5. The second-order valence-electron chi connectivity index (χ2n) is 4.68. The van der Waals surface area contributed by atoms with E-state index in [1.54, 1.807) is 6.92 Å². The molecule has 0 aliphatic carbocycles. The van der Waals surface area contributed by atoms with Crippen molar-refractivity contribution in [1.29, 1.82) is 0 Å². The molecule has 1 aliphatic heterocycles. The number of rotatable bonds is 5. The van der Waals surface area contributed by atoms with E-state index in [-0.39, 0.29) is 5.78 Å². The second-order valence-corrected chi connectivity index (χ2v) is 4.68. The number of hydrogen-bond acceptors (Lipinski definition) is 2. The Morgan fingerprint density at radius 2 is 2.06 bits per heavy atom. The fourth-order valence-corrected chi connectivity index (χ4v) is 2.24. The van der Waals surface area contributed by atoms with E-state index in [0.29, 0.717) is 0 Å². The molecule has 0 atom stereocenters. The molecule has 0 aromatic carbocycles. The van der Waals surface area contributed by atoms with Crippen molar-refractivity contribution >= 4 is 5.78 Å². The summed E-state index contributed by atoms with van der Waals surface area (Å²) in [5.41, 5.74) is 4.03. The van der Waals surface area contributed by atoms with Crippen molar-refractivity contribution < 1.29 is 4.79 Å². The van der Waals surface area contributed by atoms with Crippen LogP contribution in [0, 0.1) is 0 Å². The van der Waals surface area contributed by atoms with E-state index in [1.165, 1.54) is 5.57 Å². The normalized spacial score (nSPS) is 16.6. The van der Waals surface area contributed by atoms with Gasteiger partial charge in [0.05, 0.1) is 5.70 Å². The first-order valence-electron chi connectivity index (χ1n) is 6.58. The maximum atomic E-state index is 12.0. The summed E-state index contributed by atoms with van der Waals surface area (Å²) in [4.78, 5) is 13.9. The lowest BCUT2D eigenvalue weighted by atomic mass is 10.0. The Hall–Kier alpha value is -1.57. The minimum Gasteiger partial charge on any atom is -0.315 e. The Labute approximate surface area is 110 Å². The predicted molar refractivity (Wildman–Crippen MR) is 76.8 cm³/mol. The maximum absolute atomic E-state index is 12.0. The molecule has 2 nitrogen and oxygen atoms in total. The lowest BCUT2D eigenvalue weighted by molar-refractivity contribution is -0.114. The van der Waals surface area contributed by atoms with Crippen LogP contribution in [0.25, 0.3) is 0 Å². The van der Waals surface area contributed by atoms with Crippen LogP contribution in [0.15, 0.2) is 47.5 Å². The Bertz CT molecular complexity index is 438. The summed E-state index contributed by atoms with van der Waals surface area (Å²) >= 11 is 0. The fourth-order valence-electron chi connectivity index (χ4n) is 2.24. The highest BCUT2D eigenvalue weighted by atomic mass is 16.1. The van der Waals surface area contributed by atoms with Crippen LogP contribution in [-0.2, 0) is 4.79 Å². The molecule has 0 bridgehead atoms. The van der Waals surface area contributed by atoms with Gasteiger partial charge in [-0.3, -0.25) is 4.79 Å². The van der Waals surface area contributed by atoms with Crippen LogP contribution in [0.1, 0.15) is 47.0 Å². The molecular weight excluding hydrogens is 222 g/mol. The SMILES string of the molecule is C=C1C=C(C)C=CN1/C(C(C)=O)=C(/CC)CCC. The molecule has 18 heavy (non-hydrogen) atoms. The van der Waals surface area contributed by atoms with E-state index >= 15 is 0 Å². The summed E-state index contributed by atoms with van der Waals surface area (Å²) in [6.45, 7) is 11.9. The van der Waals surface area contributed by atoms with E-state index in [2.05, 4.69) is 20.4 Å². The Balaban J connectivity index is 3.19. The quantitative estimate of drug-likeness (QED) is 0.672. The number of carbonyl (C=O) groups excluding carboxylic acids is 1. The molecule has 0 aromatic rings. The molecule has 0 radical (unpaired) electrons. The zero-order chi connectivity index (χ0) is 13.7. The Kier molecular flexibility index (Phi) is 5.14. The summed E-state index contributed by atoms with van der Waals surface area (Å²) in [6.07, 6.45) is 8.88. The number of nitrogens with zero attached hydrogens (tertiary/aromatic N) is 1. The van der Waals surface area contributed by atoms with Gasteiger partial charge in [-0.2, -0.15) is 0 Å². The van der Waals surface area contributed by atoms with Crippen LogP contribution in [0.2, 0.25) is 0 Å². The van der Waals surface area contributed by atoms with Crippen molar-refractivity contribution in [2.75, 3.05) is 0 Å².